The van der Waals surface area contributed by atoms with Crippen LogP contribution in [0.5, 0.6) is 0 Å². The molecule has 3 aromatic rings. The fourth-order valence-electron chi connectivity index (χ4n) is 2.48. The second-order valence-corrected chi connectivity index (χ2v) is 5.88. The van der Waals surface area contributed by atoms with E-state index in [4.69, 9.17) is 16.0 Å². The predicted molar refractivity (Wildman–Crippen MR) is 84.4 cm³/mol. The van der Waals surface area contributed by atoms with Crippen molar-refractivity contribution < 1.29 is 4.42 Å². The molecule has 0 aliphatic carbocycles. The molecule has 0 aliphatic heterocycles. The van der Waals surface area contributed by atoms with Crippen molar-refractivity contribution in [2.45, 2.75) is 25.6 Å². The lowest BCUT2D eigenvalue weighted by Crippen LogP contribution is -1.94. The molecule has 1 nitrogen and oxygen atoms in total. The fourth-order valence-corrected chi connectivity index (χ4v) is 2.77. The normalized spacial score (nSPS) is 12.8. The standard InChI is InChI=1S/C18H17ClO/c1-12-4-3-5-14(8-12)10-16(19)18-11-15-9-13(2)6-7-17(15)20-18/h3-9,11,16H,10H2,1-2H3. The third-order valence-electron chi connectivity index (χ3n) is 3.50. The van der Waals surface area contributed by atoms with Crippen LogP contribution >= 0.6 is 11.6 Å². The van der Waals surface area contributed by atoms with Gasteiger partial charge in [0, 0.05) is 5.39 Å². The summed E-state index contributed by atoms with van der Waals surface area (Å²) in [4.78, 5) is 0. The van der Waals surface area contributed by atoms with Crippen molar-refractivity contribution in [3.63, 3.8) is 0 Å². The van der Waals surface area contributed by atoms with Crippen molar-refractivity contribution in [3.05, 3.63) is 71.0 Å². The van der Waals surface area contributed by atoms with Gasteiger partial charge in [0.1, 0.15) is 11.3 Å². The number of benzene rings is 2. The first-order valence-corrected chi connectivity index (χ1v) is 7.25. The van der Waals surface area contributed by atoms with Gasteiger partial charge in [0.15, 0.2) is 0 Å². The summed E-state index contributed by atoms with van der Waals surface area (Å²) < 4.78 is 5.86. The van der Waals surface area contributed by atoms with Crippen molar-refractivity contribution in [1.29, 1.82) is 0 Å². The highest BCUT2D eigenvalue weighted by molar-refractivity contribution is 6.20. The zero-order valence-corrected chi connectivity index (χ0v) is 12.4. The molecule has 2 aromatic carbocycles. The van der Waals surface area contributed by atoms with E-state index in [1.807, 2.05) is 6.07 Å². The summed E-state index contributed by atoms with van der Waals surface area (Å²) in [5, 5.41) is 0.986. The zero-order valence-electron chi connectivity index (χ0n) is 11.7. The maximum atomic E-state index is 6.51. The first-order valence-electron chi connectivity index (χ1n) is 6.81. The Kier molecular flexibility index (Phi) is 3.54. The van der Waals surface area contributed by atoms with Crippen LogP contribution in [0.2, 0.25) is 0 Å². The van der Waals surface area contributed by atoms with Gasteiger partial charge in [-0.05, 0) is 44.0 Å². The molecule has 0 saturated heterocycles. The van der Waals surface area contributed by atoms with Gasteiger partial charge in [-0.25, -0.2) is 0 Å². The van der Waals surface area contributed by atoms with Crippen LogP contribution in [0.25, 0.3) is 11.0 Å². The number of halogens is 1. The second-order valence-electron chi connectivity index (χ2n) is 5.35. The van der Waals surface area contributed by atoms with Crippen molar-refractivity contribution in [1.82, 2.24) is 0 Å². The molecule has 0 radical (unpaired) electrons. The van der Waals surface area contributed by atoms with Crippen molar-refractivity contribution in [3.8, 4) is 0 Å². The minimum Gasteiger partial charge on any atom is -0.459 e. The number of hydrogen-bond acceptors (Lipinski definition) is 1. The van der Waals surface area contributed by atoms with E-state index >= 15 is 0 Å². The van der Waals surface area contributed by atoms with E-state index < -0.39 is 0 Å². The van der Waals surface area contributed by atoms with Gasteiger partial charge in [0.2, 0.25) is 0 Å². The van der Waals surface area contributed by atoms with Crippen LogP contribution in [-0.2, 0) is 6.42 Å². The van der Waals surface area contributed by atoms with Crippen LogP contribution in [0.4, 0.5) is 0 Å². The number of alkyl halides is 1. The highest BCUT2D eigenvalue weighted by atomic mass is 35.5. The summed E-state index contributed by atoms with van der Waals surface area (Å²) in [7, 11) is 0. The molecule has 20 heavy (non-hydrogen) atoms. The molecule has 1 heterocycles. The Balaban J connectivity index is 1.86. The number of furan rings is 1. The number of aryl methyl sites for hydroxylation is 2. The fraction of sp³-hybridized carbons (Fsp3) is 0.222. The summed E-state index contributed by atoms with van der Waals surface area (Å²) in [5.41, 5.74) is 4.63. The van der Waals surface area contributed by atoms with Crippen molar-refractivity contribution in [2.24, 2.45) is 0 Å². The molecular formula is C18H17ClO. The number of hydrogen-bond donors (Lipinski definition) is 0. The van der Waals surface area contributed by atoms with E-state index in [0.29, 0.717) is 0 Å². The molecule has 1 aromatic heterocycles. The smallest absolute Gasteiger partial charge is 0.134 e. The van der Waals surface area contributed by atoms with Gasteiger partial charge in [-0.1, -0.05) is 41.5 Å². The minimum atomic E-state index is -0.135. The van der Waals surface area contributed by atoms with Gasteiger partial charge >= 0.3 is 0 Å². The van der Waals surface area contributed by atoms with Gasteiger partial charge in [-0.2, -0.15) is 0 Å². The minimum absolute atomic E-state index is 0.135. The first kappa shape index (κ1) is 13.3. The lowest BCUT2D eigenvalue weighted by molar-refractivity contribution is 0.540. The molecular weight excluding hydrogens is 268 g/mol. The summed E-state index contributed by atoms with van der Waals surface area (Å²) in [6.07, 6.45) is 0.780. The van der Waals surface area contributed by atoms with Gasteiger partial charge in [0.05, 0.1) is 5.38 Å². The second kappa shape index (κ2) is 5.34. The molecule has 0 fully saturated rings. The SMILES string of the molecule is Cc1cccc(CC(Cl)c2cc3cc(C)ccc3o2)c1. The summed E-state index contributed by atoms with van der Waals surface area (Å²) in [5.74, 6) is 0.841. The van der Waals surface area contributed by atoms with E-state index in [1.54, 1.807) is 0 Å². The third-order valence-corrected chi connectivity index (χ3v) is 3.87. The Bertz CT molecular complexity index is 742. The topological polar surface area (TPSA) is 13.1 Å². The van der Waals surface area contributed by atoms with Gasteiger partial charge < -0.3 is 4.42 Å². The monoisotopic (exact) mass is 284 g/mol. The Morgan fingerprint density at radius 3 is 2.60 bits per heavy atom. The van der Waals surface area contributed by atoms with Crippen LogP contribution in [0.1, 0.15) is 27.8 Å². The Hall–Kier alpha value is -1.73. The average molecular weight is 285 g/mol. The van der Waals surface area contributed by atoms with E-state index in [0.717, 1.165) is 23.2 Å². The highest BCUT2D eigenvalue weighted by Crippen LogP contribution is 2.31. The average Bonchev–Trinajstić information content (AvgIpc) is 2.81. The lowest BCUT2D eigenvalue weighted by atomic mass is 10.1. The lowest BCUT2D eigenvalue weighted by Gasteiger charge is -2.07. The Labute approximate surface area is 124 Å². The van der Waals surface area contributed by atoms with Gasteiger partial charge in [-0.3, -0.25) is 0 Å². The van der Waals surface area contributed by atoms with Crippen LogP contribution in [0.15, 0.2) is 52.9 Å². The Morgan fingerprint density at radius 1 is 1.00 bits per heavy atom. The summed E-state index contributed by atoms with van der Waals surface area (Å²) in [6, 6.07) is 16.7. The largest absolute Gasteiger partial charge is 0.459 e. The zero-order chi connectivity index (χ0) is 14.1. The van der Waals surface area contributed by atoms with E-state index in [2.05, 4.69) is 56.3 Å². The van der Waals surface area contributed by atoms with Crippen LogP contribution in [-0.4, -0.2) is 0 Å². The van der Waals surface area contributed by atoms with E-state index in [1.165, 1.54) is 16.7 Å². The Morgan fingerprint density at radius 2 is 1.80 bits per heavy atom. The van der Waals surface area contributed by atoms with Gasteiger partial charge in [0.25, 0.3) is 0 Å². The maximum Gasteiger partial charge on any atom is 0.134 e. The molecule has 3 rings (SSSR count). The van der Waals surface area contributed by atoms with Crippen molar-refractivity contribution in [2.75, 3.05) is 0 Å². The molecule has 102 valence electrons. The van der Waals surface area contributed by atoms with Gasteiger partial charge in [-0.15, -0.1) is 11.6 Å². The molecule has 0 saturated carbocycles. The number of fused-ring (bicyclic) bond motifs is 1. The molecule has 0 spiro atoms. The number of rotatable bonds is 3. The van der Waals surface area contributed by atoms with E-state index in [9.17, 15) is 0 Å². The van der Waals surface area contributed by atoms with Crippen LogP contribution in [0, 0.1) is 13.8 Å². The van der Waals surface area contributed by atoms with Crippen LogP contribution in [0.3, 0.4) is 0 Å². The predicted octanol–water partition coefficient (Wildman–Crippen LogP) is 5.57. The third kappa shape index (κ3) is 2.73. The van der Waals surface area contributed by atoms with Crippen LogP contribution < -0.4 is 0 Å². The molecule has 0 amide bonds. The maximum absolute atomic E-state index is 6.51. The molecule has 0 N–H and O–H groups in total. The molecule has 1 atom stereocenters. The molecule has 0 aliphatic rings. The quantitative estimate of drug-likeness (QED) is 0.573. The van der Waals surface area contributed by atoms with Crippen molar-refractivity contribution >= 4 is 22.6 Å². The summed E-state index contributed by atoms with van der Waals surface area (Å²) in [6.45, 7) is 4.17. The summed E-state index contributed by atoms with van der Waals surface area (Å²) >= 11 is 6.51. The highest BCUT2D eigenvalue weighted by Gasteiger charge is 2.14. The molecule has 0 bridgehead atoms. The molecule has 2 heteroatoms. The van der Waals surface area contributed by atoms with E-state index in [-0.39, 0.29) is 5.38 Å². The molecule has 1 unspecified atom stereocenters. The first-order chi connectivity index (χ1) is 9.61.